The molecule has 3 N–H and O–H groups in total. The van der Waals surface area contributed by atoms with Crippen LogP contribution in [0.3, 0.4) is 0 Å². The van der Waals surface area contributed by atoms with Gasteiger partial charge in [0.2, 0.25) is 0 Å². The van der Waals surface area contributed by atoms with Crippen molar-refractivity contribution in [3.05, 3.63) is 47.7 Å². The Bertz CT molecular complexity index is 963. The molecule has 28 heavy (non-hydrogen) atoms. The van der Waals surface area contributed by atoms with Crippen LogP contribution < -0.4 is 21.9 Å². The highest BCUT2D eigenvalue weighted by molar-refractivity contribution is 9.11. The molecule has 0 bridgehead atoms. The van der Waals surface area contributed by atoms with Crippen molar-refractivity contribution in [1.29, 1.82) is 0 Å². The molecule has 0 aliphatic rings. The van der Waals surface area contributed by atoms with Crippen LogP contribution in [0.15, 0.2) is 31.6 Å². The highest BCUT2D eigenvalue weighted by atomic mass is 79.9. The van der Waals surface area contributed by atoms with Gasteiger partial charge in [0.1, 0.15) is 5.82 Å². The minimum Gasteiger partial charge on any atom is -0.383 e. The topological polar surface area (TPSA) is 110 Å². The van der Waals surface area contributed by atoms with Gasteiger partial charge in [-0.2, -0.15) is 0 Å². The van der Waals surface area contributed by atoms with Crippen LogP contribution in [0.5, 0.6) is 0 Å². The molecule has 152 valence electrons. The van der Waals surface area contributed by atoms with Crippen LogP contribution in [-0.2, 0) is 16.1 Å². The van der Waals surface area contributed by atoms with Crippen LogP contribution in [0.1, 0.15) is 24.6 Å². The first-order valence-corrected chi connectivity index (χ1v) is 10.4. The molecule has 10 heteroatoms. The maximum Gasteiger partial charge on any atom is 0.330 e. The van der Waals surface area contributed by atoms with Gasteiger partial charge in [-0.3, -0.25) is 24.0 Å². The summed E-state index contributed by atoms with van der Waals surface area (Å²) in [6.07, 6.45) is 4.60. The normalized spacial score (nSPS) is 11.2. The number of hydrogen-bond donors (Lipinski definition) is 2. The Balaban J connectivity index is 2.44. The number of nitrogens with one attached hydrogen (secondary N) is 1. The van der Waals surface area contributed by atoms with E-state index in [1.54, 1.807) is 6.08 Å². The number of halogens is 1. The number of hydrogen-bond acceptors (Lipinski definition) is 6. The molecule has 0 saturated heterocycles. The summed E-state index contributed by atoms with van der Waals surface area (Å²) in [5.41, 5.74) is 4.79. The van der Waals surface area contributed by atoms with Gasteiger partial charge in [0, 0.05) is 31.2 Å². The van der Waals surface area contributed by atoms with E-state index in [1.165, 1.54) is 34.0 Å². The van der Waals surface area contributed by atoms with Gasteiger partial charge in [-0.25, -0.2) is 4.79 Å². The third-order valence-corrected chi connectivity index (χ3v) is 5.58. The number of aromatic nitrogens is 2. The van der Waals surface area contributed by atoms with Crippen LogP contribution >= 0.6 is 27.3 Å². The maximum absolute atomic E-state index is 12.8. The van der Waals surface area contributed by atoms with Gasteiger partial charge in [-0.15, -0.1) is 11.3 Å². The molecule has 0 spiro atoms. The van der Waals surface area contributed by atoms with Gasteiger partial charge in [0.25, 0.3) is 11.5 Å². The fourth-order valence-electron chi connectivity index (χ4n) is 2.55. The quantitative estimate of drug-likeness (QED) is 0.546. The Morgan fingerprint density at radius 3 is 2.79 bits per heavy atom. The summed E-state index contributed by atoms with van der Waals surface area (Å²) in [4.78, 5) is 41.8. The van der Waals surface area contributed by atoms with Crippen molar-refractivity contribution in [1.82, 2.24) is 9.55 Å². The van der Waals surface area contributed by atoms with E-state index in [0.717, 1.165) is 21.5 Å². The molecule has 2 aromatic heterocycles. The van der Waals surface area contributed by atoms with Crippen molar-refractivity contribution < 1.29 is 9.53 Å². The summed E-state index contributed by atoms with van der Waals surface area (Å²) in [5, 5.41) is 0. The van der Waals surface area contributed by atoms with Crippen molar-refractivity contribution in [3.8, 4) is 0 Å². The number of ether oxygens (including phenoxy) is 1. The summed E-state index contributed by atoms with van der Waals surface area (Å²) >= 11 is 4.84. The monoisotopic (exact) mass is 470 g/mol. The minimum atomic E-state index is -0.702. The zero-order valence-corrected chi connectivity index (χ0v) is 18.1. The Hall–Kier alpha value is -2.17. The van der Waals surface area contributed by atoms with Crippen LogP contribution in [0.4, 0.5) is 11.5 Å². The number of nitrogen functional groups attached to an aromatic ring is 1. The number of amides is 1. The molecule has 0 aromatic carbocycles. The summed E-state index contributed by atoms with van der Waals surface area (Å²) in [6.45, 7) is 2.66. The lowest BCUT2D eigenvalue weighted by Gasteiger charge is -2.23. The van der Waals surface area contributed by atoms with E-state index < -0.39 is 17.2 Å². The number of methoxy groups -OCH3 is 1. The fraction of sp³-hybridized carbons (Fsp3) is 0.389. The molecule has 0 aliphatic heterocycles. The van der Waals surface area contributed by atoms with E-state index in [4.69, 9.17) is 10.5 Å². The predicted molar refractivity (Wildman–Crippen MR) is 116 cm³/mol. The highest BCUT2D eigenvalue weighted by Crippen LogP contribution is 2.23. The number of aromatic amines is 1. The molecule has 0 aliphatic carbocycles. The Labute approximate surface area is 174 Å². The third kappa shape index (κ3) is 5.43. The molecule has 0 saturated carbocycles. The third-order valence-electron chi connectivity index (χ3n) is 3.99. The van der Waals surface area contributed by atoms with Crippen LogP contribution in [-0.4, -0.2) is 35.7 Å². The van der Waals surface area contributed by atoms with Gasteiger partial charge >= 0.3 is 5.69 Å². The first-order valence-electron chi connectivity index (χ1n) is 8.75. The summed E-state index contributed by atoms with van der Waals surface area (Å²) in [5.74, 6) is -0.460. The first-order chi connectivity index (χ1) is 13.4. The largest absolute Gasteiger partial charge is 0.383 e. The zero-order valence-electron chi connectivity index (χ0n) is 15.7. The molecule has 2 heterocycles. The van der Waals surface area contributed by atoms with E-state index in [0.29, 0.717) is 6.54 Å². The smallest absolute Gasteiger partial charge is 0.330 e. The standard InChI is InChI=1S/C18H23BrN4O4S/c1-3-4-9-23-16(20)15(17(25)21-18(23)26)22(10-11-27-2)14(24)8-6-12-5-7-13(19)28-12/h5-8H,3-4,9-11,20H2,1-2H3,(H,21,25,26)/b8-6+. The predicted octanol–water partition coefficient (Wildman–Crippen LogP) is 2.44. The second-order valence-corrected chi connectivity index (χ2v) is 8.45. The van der Waals surface area contributed by atoms with Gasteiger partial charge in [0.05, 0.1) is 10.4 Å². The minimum absolute atomic E-state index is 0.0288. The Morgan fingerprint density at radius 2 is 2.18 bits per heavy atom. The maximum atomic E-state index is 12.8. The van der Waals surface area contributed by atoms with Crippen molar-refractivity contribution in [2.45, 2.75) is 26.3 Å². The summed E-state index contributed by atoms with van der Waals surface area (Å²) in [7, 11) is 1.50. The van der Waals surface area contributed by atoms with Gasteiger partial charge in [-0.05, 0) is 40.6 Å². The van der Waals surface area contributed by atoms with Crippen LogP contribution in [0.25, 0.3) is 6.08 Å². The summed E-state index contributed by atoms with van der Waals surface area (Å²) < 4.78 is 7.29. The van der Waals surface area contributed by atoms with Crippen molar-refractivity contribution in [2.75, 3.05) is 30.9 Å². The Morgan fingerprint density at radius 1 is 1.43 bits per heavy atom. The average molecular weight is 471 g/mol. The molecular weight excluding hydrogens is 448 g/mol. The Kier molecular flexibility index (Phi) is 8.21. The molecule has 2 aromatic rings. The summed E-state index contributed by atoms with van der Waals surface area (Å²) in [6, 6.07) is 3.74. The molecule has 0 atom stereocenters. The van der Waals surface area contributed by atoms with Crippen molar-refractivity contribution in [2.24, 2.45) is 0 Å². The van der Waals surface area contributed by atoms with Crippen molar-refractivity contribution in [3.63, 3.8) is 0 Å². The number of anilines is 2. The second-order valence-electron chi connectivity index (χ2n) is 5.96. The average Bonchev–Trinajstić information content (AvgIpc) is 3.07. The first kappa shape index (κ1) is 22.1. The lowest BCUT2D eigenvalue weighted by Crippen LogP contribution is -2.42. The molecule has 8 nitrogen and oxygen atoms in total. The number of nitrogens with two attached hydrogens (primary N) is 1. The number of H-pyrrole nitrogens is 1. The molecule has 2 rings (SSSR count). The van der Waals surface area contributed by atoms with E-state index in [2.05, 4.69) is 20.9 Å². The highest BCUT2D eigenvalue weighted by Gasteiger charge is 2.22. The van der Waals surface area contributed by atoms with E-state index >= 15 is 0 Å². The number of thiophene rings is 1. The van der Waals surface area contributed by atoms with Crippen LogP contribution in [0, 0.1) is 0 Å². The lowest BCUT2D eigenvalue weighted by atomic mass is 10.3. The van der Waals surface area contributed by atoms with Crippen molar-refractivity contribution >= 4 is 50.8 Å². The van der Waals surface area contributed by atoms with E-state index in [1.807, 2.05) is 19.1 Å². The second kappa shape index (κ2) is 10.4. The zero-order chi connectivity index (χ0) is 20.7. The number of unbranched alkanes of at least 4 members (excludes halogenated alkanes) is 1. The number of rotatable bonds is 9. The molecule has 0 unspecified atom stereocenters. The van der Waals surface area contributed by atoms with Gasteiger partial charge in [-0.1, -0.05) is 13.3 Å². The molecular formula is C18H23BrN4O4S. The lowest BCUT2D eigenvalue weighted by molar-refractivity contribution is -0.114. The molecule has 1 amide bonds. The van der Waals surface area contributed by atoms with E-state index in [-0.39, 0.29) is 24.7 Å². The van der Waals surface area contributed by atoms with Gasteiger partial charge in [0.15, 0.2) is 5.69 Å². The molecule has 0 radical (unpaired) electrons. The van der Waals surface area contributed by atoms with E-state index in [9.17, 15) is 14.4 Å². The molecule has 0 fully saturated rings. The van der Waals surface area contributed by atoms with Crippen LogP contribution in [0.2, 0.25) is 0 Å². The number of carbonyl (C=O) groups excluding carboxylic acids is 1. The SMILES string of the molecule is CCCCn1c(N)c(N(CCOC)C(=O)/C=C/c2ccc(Br)s2)c(=O)[nH]c1=O. The number of carbonyl (C=O) groups is 1. The number of nitrogens with zero attached hydrogens (tertiary/aromatic N) is 2. The van der Waals surface area contributed by atoms with Gasteiger partial charge < -0.3 is 10.5 Å². The fourth-order valence-corrected chi connectivity index (χ4v) is 3.88.